The zero-order chi connectivity index (χ0) is 14.8. The lowest BCUT2D eigenvalue weighted by Gasteiger charge is -2.19. The van der Waals surface area contributed by atoms with Gasteiger partial charge >= 0.3 is 5.97 Å². The van der Waals surface area contributed by atoms with Gasteiger partial charge in [-0.05, 0) is 27.2 Å². The molecule has 1 rings (SSSR count). The van der Waals surface area contributed by atoms with E-state index in [4.69, 9.17) is 5.11 Å². The van der Waals surface area contributed by atoms with Crippen molar-refractivity contribution in [2.45, 2.75) is 45.4 Å². The molecule has 0 aliphatic carbocycles. The van der Waals surface area contributed by atoms with Crippen molar-refractivity contribution in [2.24, 2.45) is 0 Å². The van der Waals surface area contributed by atoms with Crippen LogP contribution >= 0.6 is 0 Å². The van der Waals surface area contributed by atoms with Gasteiger partial charge in [-0.3, -0.25) is 0 Å². The van der Waals surface area contributed by atoms with Crippen LogP contribution in [0.25, 0.3) is 0 Å². The fraction of sp³-hybridized carbons (Fsp3) is 0.727. The zero-order valence-corrected chi connectivity index (χ0v) is 12.4. The third-order valence-corrected chi connectivity index (χ3v) is 5.47. The van der Waals surface area contributed by atoms with Gasteiger partial charge in [-0.15, -0.1) is 5.10 Å². The number of sulfone groups is 1. The number of hydrogen-bond acceptors (Lipinski definition) is 5. The molecule has 0 saturated heterocycles. The predicted molar refractivity (Wildman–Crippen MR) is 69.9 cm³/mol. The van der Waals surface area contributed by atoms with Gasteiger partial charge in [0.25, 0.3) is 0 Å². The van der Waals surface area contributed by atoms with E-state index < -0.39 is 20.6 Å². The molecule has 8 heteroatoms. The van der Waals surface area contributed by atoms with E-state index in [1.807, 2.05) is 0 Å². The van der Waals surface area contributed by atoms with Gasteiger partial charge in [-0.1, -0.05) is 12.1 Å². The maximum Gasteiger partial charge on any atom is 0.358 e. The Balaban J connectivity index is 2.94. The Morgan fingerprint density at radius 2 is 1.95 bits per heavy atom. The van der Waals surface area contributed by atoms with Crippen LogP contribution in [0.3, 0.4) is 0 Å². The van der Waals surface area contributed by atoms with Gasteiger partial charge < -0.3 is 5.11 Å². The van der Waals surface area contributed by atoms with Crippen molar-refractivity contribution in [2.75, 3.05) is 5.75 Å². The minimum absolute atomic E-state index is 0.0914. The van der Waals surface area contributed by atoms with Crippen molar-refractivity contribution in [3.63, 3.8) is 0 Å². The van der Waals surface area contributed by atoms with E-state index in [1.165, 1.54) is 4.68 Å². The normalized spacial score (nSPS) is 12.6. The van der Waals surface area contributed by atoms with Crippen molar-refractivity contribution < 1.29 is 18.3 Å². The molecule has 0 radical (unpaired) electrons. The molecule has 0 atom stereocenters. The Hall–Kier alpha value is -1.44. The average molecular weight is 289 g/mol. The monoisotopic (exact) mass is 289 g/mol. The first-order valence-corrected chi connectivity index (χ1v) is 7.63. The molecule has 0 spiro atoms. The van der Waals surface area contributed by atoms with Crippen LogP contribution < -0.4 is 0 Å². The quantitative estimate of drug-likeness (QED) is 0.858. The molecule has 7 nitrogen and oxygen atoms in total. The van der Waals surface area contributed by atoms with E-state index in [-0.39, 0.29) is 18.0 Å². The molecule has 0 aliphatic heterocycles. The molecule has 0 fully saturated rings. The van der Waals surface area contributed by atoms with Crippen molar-refractivity contribution in [1.82, 2.24) is 15.0 Å². The fourth-order valence-corrected chi connectivity index (χ4v) is 2.57. The van der Waals surface area contributed by atoms with Gasteiger partial charge in [0.2, 0.25) is 0 Å². The highest BCUT2D eigenvalue weighted by atomic mass is 32.2. The highest BCUT2D eigenvalue weighted by molar-refractivity contribution is 7.92. The number of carbonyl (C=O) groups is 1. The molecular formula is C11H19N3O4S. The third-order valence-electron chi connectivity index (χ3n) is 2.88. The molecule has 0 aromatic carbocycles. The van der Waals surface area contributed by atoms with Crippen LogP contribution in [0.2, 0.25) is 0 Å². The van der Waals surface area contributed by atoms with E-state index in [0.29, 0.717) is 12.1 Å². The van der Waals surface area contributed by atoms with E-state index in [9.17, 15) is 13.2 Å². The van der Waals surface area contributed by atoms with E-state index in [0.717, 1.165) is 0 Å². The average Bonchev–Trinajstić information content (AvgIpc) is 2.67. The number of aromatic carboxylic acids is 1. The Morgan fingerprint density at radius 1 is 1.37 bits per heavy atom. The third kappa shape index (κ3) is 3.31. The maximum absolute atomic E-state index is 12.0. The number of carboxylic acid groups (broad SMARTS) is 1. The summed E-state index contributed by atoms with van der Waals surface area (Å²) >= 11 is 0. The molecule has 1 N–H and O–H groups in total. The second-order valence-corrected chi connectivity index (χ2v) is 8.06. The van der Waals surface area contributed by atoms with Crippen LogP contribution in [-0.4, -0.2) is 45.0 Å². The van der Waals surface area contributed by atoms with E-state index in [1.54, 1.807) is 27.7 Å². The van der Waals surface area contributed by atoms with Crippen molar-refractivity contribution in [1.29, 1.82) is 0 Å². The van der Waals surface area contributed by atoms with Gasteiger partial charge in [0.05, 0.1) is 22.7 Å². The minimum atomic E-state index is -3.27. The second-order valence-electron chi connectivity index (χ2n) is 5.20. The molecule has 19 heavy (non-hydrogen) atoms. The van der Waals surface area contributed by atoms with Crippen LogP contribution in [-0.2, 0) is 22.8 Å². The maximum atomic E-state index is 12.0. The number of rotatable bonds is 5. The molecule has 0 amide bonds. The summed E-state index contributed by atoms with van der Waals surface area (Å²) in [5, 5.41) is 16.2. The van der Waals surface area contributed by atoms with Crippen molar-refractivity contribution in [3.8, 4) is 0 Å². The standard InChI is InChI=1S/C11H19N3O4S/c1-5-8-9(10(15)16)12-13-14(8)6-7-19(17,18)11(2,3)4/h5-7H2,1-4H3,(H,15,16). The summed E-state index contributed by atoms with van der Waals surface area (Å²) in [7, 11) is -3.27. The van der Waals surface area contributed by atoms with Crippen molar-refractivity contribution in [3.05, 3.63) is 11.4 Å². The summed E-state index contributed by atoms with van der Waals surface area (Å²) in [6, 6.07) is 0. The van der Waals surface area contributed by atoms with Crippen LogP contribution in [0.1, 0.15) is 43.9 Å². The first-order valence-electron chi connectivity index (χ1n) is 5.98. The number of carboxylic acids is 1. The van der Waals surface area contributed by atoms with Crippen molar-refractivity contribution >= 4 is 15.8 Å². The smallest absolute Gasteiger partial charge is 0.358 e. The summed E-state index contributed by atoms with van der Waals surface area (Å²) in [4.78, 5) is 10.9. The zero-order valence-electron chi connectivity index (χ0n) is 11.5. The topological polar surface area (TPSA) is 102 Å². The lowest BCUT2D eigenvalue weighted by atomic mass is 10.2. The van der Waals surface area contributed by atoms with E-state index >= 15 is 0 Å². The highest BCUT2D eigenvalue weighted by Crippen LogP contribution is 2.16. The van der Waals surface area contributed by atoms with Crippen LogP contribution in [0.15, 0.2) is 0 Å². The second kappa shape index (κ2) is 5.28. The summed E-state index contributed by atoms with van der Waals surface area (Å²) in [6.07, 6.45) is 0.435. The van der Waals surface area contributed by atoms with Gasteiger partial charge in [0.15, 0.2) is 15.5 Å². The number of aryl methyl sites for hydroxylation is 1. The largest absolute Gasteiger partial charge is 0.476 e. The highest BCUT2D eigenvalue weighted by Gasteiger charge is 2.29. The number of nitrogens with zero attached hydrogens (tertiary/aromatic N) is 3. The van der Waals surface area contributed by atoms with Gasteiger partial charge in [0.1, 0.15) is 0 Å². The van der Waals surface area contributed by atoms with Crippen LogP contribution in [0, 0.1) is 0 Å². The number of aromatic nitrogens is 3. The molecule has 0 unspecified atom stereocenters. The lowest BCUT2D eigenvalue weighted by molar-refractivity contribution is 0.0689. The predicted octanol–water partition coefficient (Wildman–Crippen LogP) is 0.752. The molecule has 1 aromatic heterocycles. The molecule has 1 aromatic rings. The molecule has 108 valence electrons. The van der Waals surface area contributed by atoms with Crippen LogP contribution in [0.4, 0.5) is 0 Å². The Bertz CT molecular complexity index is 569. The molecule has 0 saturated carbocycles. The first kappa shape index (κ1) is 15.6. The summed E-state index contributed by atoms with van der Waals surface area (Å²) in [6.45, 7) is 6.79. The first-order chi connectivity index (χ1) is 8.60. The molecular weight excluding hydrogens is 270 g/mol. The van der Waals surface area contributed by atoms with Gasteiger partial charge in [0, 0.05) is 0 Å². The SMILES string of the molecule is CCc1c(C(=O)O)nnn1CCS(=O)(=O)C(C)(C)C. The Morgan fingerprint density at radius 3 is 2.37 bits per heavy atom. The molecule has 0 bridgehead atoms. The number of hydrogen-bond donors (Lipinski definition) is 1. The Labute approximate surface area is 112 Å². The Kier molecular flexibility index (Phi) is 4.34. The van der Waals surface area contributed by atoms with Gasteiger partial charge in [-0.2, -0.15) is 0 Å². The summed E-state index contributed by atoms with van der Waals surface area (Å²) < 4.78 is 24.5. The fourth-order valence-electron chi connectivity index (χ4n) is 1.54. The molecule has 1 heterocycles. The lowest BCUT2D eigenvalue weighted by Crippen LogP contribution is -2.32. The van der Waals surface area contributed by atoms with E-state index in [2.05, 4.69) is 10.3 Å². The molecule has 0 aliphatic rings. The van der Waals surface area contributed by atoms with Crippen LogP contribution in [0.5, 0.6) is 0 Å². The minimum Gasteiger partial charge on any atom is -0.476 e. The van der Waals surface area contributed by atoms with Gasteiger partial charge in [-0.25, -0.2) is 17.9 Å². The summed E-state index contributed by atoms with van der Waals surface area (Å²) in [5.41, 5.74) is 0.326. The summed E-state index contributed by atoms with van der Waals surface area (Å²) in [5.74, 6) is -1.24.